The molecule has 3 aromatic rings. The highest BCUT2D eigenvalue weighted by molar-refractivity contribution is 6.11. The summed E-state index contributed by atoms with van der Waals surface area (Å²) in [6.45, 7) is 8.17. The molecule has 0 saturated carbocycles. The molecule has 2 aromatic carbocycles. The minimum atomic E-state index is -0.343. The lowest BCUT2D eigenvalue weighted by molar-refractivity contribution is -0.383. The molecule has 4 rings (SSSR count). The third-order valence-electron chi connectivity index (χ3n) is 5.19. The van der Waals surface area contributed by atoms with E-state index < -0.39 is 0 Å². The van der Waals surface area contributed by atoms with Gasteiger partial charge in [-0.05, 0) is 32.1 Å². The summed E-state index contributed by atoms with van der Waals surface area (Å²) in [5.74, 6) is 0. The summed E-state index contributed by atoms with van der Waals surface area (Å²) in [6, 6.07) is 11.2. The fourth-order valence-corrected chi connectivity index (χ4v) is 3.81. The third-order valence-corrected chi connectivity index (χ3v) is 5.19. The number of hydrogen-bond acceptors (Lipinski definition) is 5. The van der Waals surface area contributed by atoms with Crippen LogP contribution in [0.2, 0.25) is 0 Å². The average molecular weight is 351 g/mol. The molecule has 0 aliphatic carbocycles. The summed E-state index contributed by atoms with van der Waals surface area (Å²) in [5, 5.41) is 20.5. The predicted octanol–water partition coefficient (Wildman–Crippen LogP) is 4.53. The number of anilines is 2. The molecule has 0 saturated heterocycles. The Balaban J connectivity index is 2.03. The summed E-state index contributed by atoms with van der Waals surface area (Å²) < 4.78 is 1.98. The number of para-hydroxylation sites is 1. The van der Waals surface area contributed by atoms with Crippen LogP contribution >= 0.6 is 0 Å². The van der Waals surface area contributed by atoms with Crippen LogP contribution in [0, 0.1) is 10.1 Å². The number of hydrogen-bond donors (Lipinski definition) is 1. The van der Waals surface area contributed by atoms with Crippen LogP contribution in [0.5, 0.6) is 0 Å². The van der Waals surface area contributed by atoms with Gasteiger partial charge in [0.1, 0.15) is 17.5 Å². The van der Waals surface area contributed by atoms with Gasteiger partial charge >= 0.3 is 0 Å². The Morgan fingerprint density at radius 2 is 1.96 bits per heavy atom. The Bertz CT molecular complexity index is 1010. The van der Waals surface area contributed by atoms with Gasteiger partial charge < -0.3 is 5.32 Å². The molecule has 0 radical (unpaired) electrons. The first kappa shape index (κ1) is 16.5. The molecule has 0 fully saturated rings. The zero-order valence-electron chi connectivity index (χ0n) is 15.1. The fourth-order valence-electron chi connectivity index (χ4n) is 3.81. The van der Waals surface area contributed by atoms with Gasteiger partial charge in [0.05, 0.1) is 15.8 Å². The number of nitrogens with one attached hydrogen (secondary N) is 1. The van der Waals surface area contributed by atoms with Crippen molar-refractivity contribution in [1.82, 2.24) is 14.7 Å². The van der Waals surface area contributed by atoms with E-state index in [1.165, 1.54) is 0 Å². The van der Waals surface area contributed by atoms with E-state index in [2.05, 4.69) is 31.0 Å². The van der Waals surface area contributed by atoms with E-state index >= 15 is 0 Å². The maximum atomic E-state index is 11.5. The Kier molecular flexibility index (Phi) is 3.88. The second-order valence-electron chi connectivity index (χ2n) is 6.43. The van der Waals surface area contributed by atoms with Crippen LogP contribution in [0.15, 0.2) is 36.4 Å². The SMILES string of the molecule is CCN(CC)C(C)n1nc2c3c(c([N+](=O)[O-])ccc31)Nc1ccccc1-2. The van der Waals surface area contributed by atoms with Gasteiger partial charge in [-0.3, -0.25) is 15.0 Å². The summed E-state index contributed by atoms with van der Waals surface area (Å²) in [7, 11) is 0. The molecule has 26 heavy (non-hydrogen) atoms. The highest BCUT2D eigenvalue weighted by atomic mass is 16.6. The van der Waals surface area contributed by atoms with Gasteiger partial charge in [-0.2, -0.15) is 5.10 Å². The molecule has 1 aliphatic heterocycles. The number of nitrogens with zero attached hydrogens (tertiary/aromatic N) is 4. The van der Waals surface area contributed by atoms with Crippen LogP contribution in [0.3, 0.4) is 0 Å². The third kappa shape index (κ3) is 2.28. The maximum Gasteiger partial charge on any atom is 0.293 e. The van der Waals surface area contributed by atoms with Crippen molar-refractivity contribution in [3.63, 3.8) is 0 Å². The maximum absolute atomic E-state index is 11.5. The van der Waals surface area contributed by atoms with E-state index in [4.69, 9.17) is 5.10 Å². The first-order valence-corrected chi connectivity index (χ1v) is 8.86. The topological polar surface area (TPSA) is 76.2 Å². The number of aromatic nitrogens is 2. The van der Waals surface area contributed by atoms with E-state index in [1.54, 1.807) is 6.07 Å². The predicted molar refractivity (Wildman–Crippen MR) is 103 cm³/mol. The van der Waals surface area contributed by atoms with Gasteiger partial charge in [-0.15, -0.1) is 0 Å². The van der Waals surface area contributed by atoms with Crippen molar-refractivity contribution < 1.29 is 4.92 Å². The highest BCUT2D eigenvalue weighted by Crippen LogP contribution is 2.47. The lowest BCUT2D eigenvalue weighted by atomic mass is 9.99. The molecule has 1 aromatic heterocycles. The summed E-state index contributed by atoms with van der Waals surface area (Å²) in [5.41, 5.74) is 4.11. The van der Waals surface area contributed by atoms with Crippen molar-refractivity contribution in [2.45, 2.75) is 26.9 Å². The molecule has 1 aliphatic rings. The van der Waals surface area contributed by atoms with E-state index in [0.29, 0.717) is 5.69 Å². The minimum Gasteiger partial charge on any atom is -0.349 e. The van der Waals surface area contributed by atoms with Gasteiger partial charge in [0, 0.05) is 17.3 Å². The quantitative estimate of drug-likeness (QED) is 0.422. The van der Waals surface area contributed by atoms with Crippen molar-refractivity contribution in [1.29, 1.82) is 0 Å². The van der Waals surface area contributed by atoms with Crippen molar-refractivity contribution in [2.24, 2.45) is 0 Å². The number of benzene rings is 2. The highest BCUT2D eigenvalue weighted by Gasteiger charge is 2.30. The van der Waals surface area contributed by atoms with E-state index in [1.807, 2.05) is 35.0 Å². The molecule has 0 spiro atoms. The average Bonchev–Trinajstić information content (AvgIpc) is 3.04. The van der Waals surface area contributed by atoms with Crippen molar-refractivity contribution in [3.05, 3.63) is 46.5 Å². The molecule has 1 unspecified atom stereocenters. The monoisotopic (exact) mass is 351 g/mol. The molecular weight excluding hydrogens is 330 g/mol. The standard InChI is InChI=1S/C19H21N5O2/c1-4-22(5-2)12(3)23-15-10-11-16(24(25)26)19-17(15)18(21-23)13-8-6-7-9-14(13)20-19/h6-12,20H,4-5H2,1-3H3. The largest absolute Gasteiger partial charge is 0.349 e. The molecule has 1 atom stereocenters. The first-order valence-electron chi connectivity index (χ1n) is 8.86. The zero-order chi connectivity index (χ0) is 18.4. The molecule has 7 heteroatoms. The first-order chi connectivity index (χ1) is 12.6. The zero-order valence-corrected chi connectivity index (χ0v) is 15.1. The number of nitro groups is 1. The lowest BCUT2D eigenvalue weighted by Gasteiger charge is -2.27. The Morgan fingerprint density at radius 3 is 2.65 bits per heavy atom. The van der Waals surface area contributed by atoms with Gasteiger partial charge in [0.15, 0.2) is 0 Å². The molecule has 134 valence electrons. The van der Waals surface area contributed by atoms with Crippen LogP contribution in [-0.2, 0) is 0 Å². The summed E-state index contributed by atoms with van der Waals surface area (Å²) >= 11 is 0. The fraction of sp³-hybridized carbons (Fsp3) is 0.316. The van der Waals surface area contributed by atoms with Gasteiger partial charge in [-0.1, -0.05) is 32.0 Å². The van der Waals surface area contributed by atoms with Gasteiger partial charge in [-0.25, -0.2) is 4.68 Å². The minimum absolute atomic E-state index is 0.0563. The second-order valence-corrected chi connectivity index (χ2v) is 6.43. The van der Waals surface area contributed by atoms with E-state index in [0.717, 1.165) is 40.9 Å². The molecule has 2 heterocycles. The van der Waals surface area contributed by atoms with Crippen molar-refractivity contribution in [3.8, 4) is 11.3 Å². The smallest absolute Gasteiger partial charge is 0.293 e. The lowest BCUT2D eigenvalue weighted by Crippen LogP contribution is -2.31. The Hall–Kier alpha value is -2.93. The second kappa shape index (κ2) is 6.10. The molecule has 0 bridgehead atoms. The molecule has 1 N–H and O–H groups in total. The molecule has 0 amide bonds. The number of rotatable bonds is 5. The van der Waals surface area contributed by atoms with Crippen LogP contribution in [-0.4, -0.2) is 32.7 Å². The van der Waals surface area contributed by atoms with E-state index in [-0.39, 0.29) is 16.8 Å². The normalized spacial score (nSPS) is 13.5. The number of fused-ring (bicyclic) bond motifs is 2. The van der Waals surface area contributed by atoms with Gasteiger partial charge in [0.25, 0.3) is 5.69 Å². The molecular formula is C19H21N5O2. The number of nitro benzene ring substituents is 1. The van der Waals surface area contributed by atoms with Crippen LogP contribution < -0.4 is 5.32 Å². The van der Waals surface area contributed by atoms with Crippen molar-refractivity contribution >= 4 is 28.0 Å². The van der Waals surface area contributed by atoms with Crippen molar-refractivity contribution in [2.75, 3.05) is 18.4 Å². The van der Waals surface area contributed by atoms with E-state index in [9.17, 15) is 10.1 Å². The summed E-state index contributed by atoms with van der Waals surface area (Å²) in [6.07, 6.45) is 0.0563. The van der Waals surface area contributed by atoms with Crippen LogP contribution in [0.1, 0.15) is 26.9 Å². The summed E-state index contributed by atoms with van der Waals surface area (Å²) in [4.78, 5) is 13.5. The van der Waals surface area contributed by atoms with Crippen LogP contribution in [0.4, 0.5) is 17.1 Å². The molecule has 7 nitrogen and oxygen atoms in total. The Labute approximate surface area is 151 Å². The van der Waals surface area contributed by atoms with Gasteiger partial charge in [0.2, 0.25) is 0 Å². The van der Waals surface area contributed by atoms with Crippen LogP contribution in [0.25, 0.3) is 22.2 Å². The Morgan fingerprint density at radius 1 is 1.23 bits per heavy atom.